The van der Waals surface area contributed by atoms with Gasteiger partial charge in [0.05, 0.1) is 16.3 Å². The van der Waals surface area contributed by atoms with Crippen LogP contribution in [0.2, 0.25) is 5.02 Å². The third-order valence-corrected chi connectivity index (χ3v) is 5.83. The molecule has 0 bridgehead atoms. The molecular formula is C19H22ClN3O2S. The molecule has 0 saturated heterocycles. The molecule has 0 fully saturated rings. The molecule has 26 heavy (non-hydrogen) atoms. The summed E-state index contributed by atoms with van der Waals surface area (Å²) in [5, 5.41) is 6.64. The number of rotatable bonds is 5. The van der Waals surface area contributed by atoms with Gasteiger partial charge in [0, 0.05) is 4.88 Å². The van der Waals surface area contributed by atoms with E-state index in [0.29, 0.717) is 15.7 Å². The van der Waals surface area contributed by atoms with Gasteiger partial charge in [0.2, 0.25) is 5.91 Å². The van der Waals surface area contributed by atoms with Gasteiger partial charge >= 0.3 is 0 Å². The van der Waals surface area contributed by atoms with E-state index in [4.69, 9.17) is 11.6 Å². The van der Waals surface area contributed by atoms with Crippen LogP contribution in [-0.4, -0.2) is 22.8 Å². The van der Waals surface area contributed by atoms with Crippen molar-refractivity contribution in [1.82, 2.24) is 10.3 Å². The van der Waals surface area contributed by atoms with Crippen LogP contribution in [-0.2, 0) is 17.6 Å². The summed E-state index contributed by atoms with van der Waals surface area (Å²) in [6.45, 7) is 3.79. The van der Waals surface area contributed by atoms with Gasteiger partial charge < -0.3 is 10.6 Å². The largest absolute Gasteiger partial charge is 0.340 e. The summed E-state index contributed by atoms with van der Waals surface area (Å²) < 4.78 is 0. The number of carbonyl (C=O) groups is 2. The molecule has 0 radical (unpaired) electrons. The van der Waals surface area contributed by atoms with E-state index >= 15 is 0 Å². The molecule has 1 atom stereocenters. The molecule has 1 aliphatic rings. The third kappa shape index (κ3) is 4.24. The first-order valence-electron chi connectivity index (χ1n) is 8.80. The minimum absolute atomic E-state index is 0.0731. The Kier molecular flexibility index (Phi) is 5.94. The number of hydrogen-bond acceptors (Lipinski definition) is 4. The monoisotopic (exact) mass is 391 g/mol. The zero-order valence-corrected chi connectivity index (χ0v) is 16.4. The Labute approximate surface area is 162 Å². The number of thiazole rings is 1. The normalized spacial score (nSPS) is 14.6. The van der Waals surface area contributed by atoms with E-state index in [9.17, 15) is 9.59 Å². The molecule has 3 rings (SSSR count). The van der Waals surface area contributed by atoms with Crippen LogP contribution in [0, 0.1) is 5.92 Å². The second-order valence-corrected chi connectivity index (χ2v) is 8.25. The zero-order chi connectivity index (χ0) is 18.7. The van der Waals surface area contributed by atoms with Gasteiger partial charge in [0.15, 0.2) is 5.13 Å². The second-order valence-electron chi connectivity index (χ2n) is 6.76. The molecule has 138 valence electrons. The molecule has 5 nitrogen and oxygen atoms in total. The number of nitrogens with one attached hydrogen (secondary N) is 2. The maximum Gasteiger partial charge on any atom is 0.253 e. The Balaban J connectivity index is 1.71. The predicted molar refractivity (Wildman–Crippen MR) is 105 cm³/mol. The molecule has 2 aromatic rings. The number of benzene rings is 1. The lowest BCUT2D eigenvalue weighted by Gasteiger charge is -2.21. The van der Waals surface area contributed by atoms with Gasteiger partial charge in [-0.25, -0.2) is 4.98 Å². The summed E-state index contributed by atoms with van der Waals surface area (Å²) in [4.78, 5) is 31.0. The first kappa shape index (κ1) is 18.9. The quantitative estimate of drug-likeness (QED) is 0.807. The van der Waals surface area contributed by atoms with Gasteiger partial charge in [-0.2, -0.15) is 0 Å². The maximum absolute atomic E-state index is 12.7. The van der Waals surface area contributed by atoms with Crippen molar-refractivity contribution in [3.63, 3.8) is 0 Å². The SMILES string of the molecule is CC(C)C(NC(=O)c1ccccc1Cl)C(=O)Nc1nc2c(s1)CCCC2. The van der Waals surface area contributed by atoms with Crippen molar-refractivity contribution >= 4 is 39.9 Å². The van der Waals surface area contributed by atoms with Crippen LogP contribution >= 0.6 is 22.9 Å². The number of aryl methyl sites for hydroxylation is 2. The number of hydrogen-bond donors (Lipinski definition) is 2. The van der Waals surface area contributed by atoms with Crippen LogP contribution in [0.3, 0.4) is 0 Å². The molecule has 1 unspecified atom stereocenters. The summed E-state index contributed by atoms with van der Waals surface area (Å²) in [7, 11) is 0. The summed E-state index contributed by atoms with van der Waals surface area (Å²) in [5.41, 5.74) is 1.45. The average Bonchev–Trinajstić information content (AvgIpc) is 3.01. The fourth-order valence-electron chi connectivity index (χ4n) is 2.99. The Morgan fingerprint density at radius 1 is 1.19 bits per heavy atom. The summed E-state index contributed by atoms with van der Waals surface area (Å²) in [5.74, 6) is -0.689. The number of aromatic nitrogens is 1. The lowest BCUT2D eigenvalue weighted by atomic mass is 10.0. The van der Waals surface area contributed by atoms with Crippen LogP contribution in [0.15, 0.2) is 24.3 Å². The standard InChI is InChI=1S/C19H22ClN3O2S/c1-11(2)16(22-17(24)12-7-3-4-8-13(12)20)18(25)23-19-21-14-9-5-6-10-15(14)26-19/h3-4,7-8,11,16H,5-6,9-10H2,1-2H3,(H,22,24)(H,21,23,25). The van der Waals surface area contributed by atoms with Gasteiger partial charge in [0.25, 0.3) is 5.91 Å². The highest BCUT2D eigenvalue weighted by molar-refractivity contribution is 7.15. The molecule has 1 aliphatic carbocycles. The van der Waals surface area contributed by atoms with Crippen molar-refractivity contribution in [2.75, 3.05) is 5.32 Å². The van der Waals surface area contributed by atoms with Crippen molar-refractivity contribution < 1.29 is 9.59 Å². The molecule has 1 aromatic carbocycles. The topological polar surface area (TPSA) is 71.1 Å². The number of halogens is 1. The first-order chi connectivity index (χ1) is 12.5. The summed E-state index contributed by atoms with van der Waals surface area (Å²) in [6, 6.07) is 6.13. The van der Waals surface area contributed by atoms with Crippen LogP contribution in [0.4, 0.5) is 5.13 Å². The fraction of sp³-hybridized carbons (Fsp3) is 0.421. The molecule has 2 N–H and O–H groups in total. The molecule has 7 heteroatoms. The Morgan fingerprint density at radius 2 is 1.92 bits per heavy atom. The van der Waals surface area contributed by atoms with E-state index < -0.39 is 6.04 Å². The molecular weight excluding hydrogens is 370 g/mol. The number of carbonyl (C=O) groups excluding carboxylic acids is 2. The minimum Gasteiger partial charge on any atom is -0.340 e. The minimum atomic E-state index is -0.667. The molecule has 0 saturated carbocycles. The summed E-state index contributed by atoms with van der Waals surface area (Å²) >= 11 is 7.61. The van der Waals surface area contributed by atoms with E-state index in [2.05, 4.69) is 15.6 Å². The Morgan fingerprint density at radius 3 is 2.62 bits per heavy atom. The van der Waals surface area contributed by atoms with E-state index in [1.54, 1.807) is 24.3 Å². The highest BCUT2D eigenvalue weighted by Gasteiger charge is 2.27. The maximum atomic E-state index is 12.7. The van der Waals surface area contributed by atoms with Crippen molar-refractivity contribution in [3.8, 4) is 0 Å². The molecule has 0 aliphatic heterocycles. The lowest BCUT2D eigenvalue weighted by Crippen LogP contribution is -2.47. The molecule has 2 amide bonds. The fourth-order valence-corrected chi connectivity index (χ4v) is 4.26. The summed E-state index contributed by atoms with van der Waals surface area (Å²) in [6.07, 6.45) is 4.32. The average molecular weight is 392 g/mol. The Bertz CT molecular complexity index is 795. The molecule has 1 heterocycles. The molecule has 1 aromatic heterocycles. The van der Waals surface area contributed by atoms with Crippen molar-refractivity contribution in [1.29, 1.82) is 0 Å². The lowest BCUT2D eigenvalue weighted by molar-refractivity contribution is -0.118. The van der Waals surface area contributed by atoms with Crippen LogP contribution in [0.25, 0.3) is 0 Å². The van der Waals surface area contributed by atoms with Crippen molar-refractivity contribution in [2.24, 2.45) is 5.92 Å². The Hall–Kier alpha value is -1.92. The highest BCUT2D eigenvalue weighted by Crippen LogP contribution is 2.29. The number of anilines is 1. The predicted octanol–water partition coefficient (Wildman–Crippen LogP) is 4.07. The first-order valence-corrected chi connectivity index (χ1v) is 10.00. The number of amides is 2. The van der Waals surface area contributed by atoms with Crippen LogP contribution < -0.4 is 10.6 Å². The van der Waals surface area contributed by atoms with Crippen LogP contribution in [0.5, 0.6) is 0 Å². The van der Waals surface area contributed by atoms with Gasteiger partial charge in [-0.05, 0) is 43.7 Å². The van der Waals surface area contributed by atoms with Gasteiger partial charge in [-0.3, -0.25) is 9.59 Å². The van der Waals surface area contributed by atoms with Crippen molar-refractivity contribution in [3.05, 3.63) is 45.4 Å². The van der Waals surface area contributed by atoms with E-state index in [-0.39, 0.29) is 17.7 Å². The zero-order valence-electron chi connectivity index (χ0n) is 14.8. The van der Waals surface area contributed by atoms with Crippen LogP contribution in [0.1, 0.15) is 47.6 Å². The highest BCUT2D eigenvalue weighted by atomic mass is 35.5. The van der Waals surface area contributed by atoms with Gasteiger partial charge in [-0.15, -0.1) is 11.3 Å². The second kappa shape index (κ2) is 8.18. The van der Waals surface area contributed by atoms with Gasteiger partial charge in [-0.1, -0.05) is 37.6 Å². The van der Waals surface area contributed by atoms with Crippen molar-refractivity contribution in [2.45, 2.75) is 45.6 Å². The number of fused-ring (bicyclic) bond motifs is 1. The molecule has 0 spiro atoms. The van der Waals surface area contributed by atoms with E-state index in [1.807, 2.05) is 13.8 Å². The third-order valence-electron chi connectivity index (χ3n) is 4.43. The van der Waals surface area contributed by atoms with E-state index in [0.717, 1.165) is 25.0 Å². The van der Waals surface area contributed by atoms with Gasteiger partial charge in [0.1, 0.15) is 6.04 Å². The smallest absolute Gasteiger partial charge is 0.253 e. The van der Waals surface area contributed by atoms with E-state index in [1.165, 1.54) is 22.6 Å². The number of nitrogens with zero attached hydrogens (tertiary/aromatic N) is 1.